The van der Waals surface area contributed by atoms with Crippen LogP contribution in [0.3, 0.4) is 0 Å². The van der Waals surface area contributed by atoms with Gasteiger partial charge in [0, 0.05) is 5.02 Å². The average molecular weight is 501 g/mol. The van der Waals surface area contributed by atoms with Gasteiger partial charge >= 0.3 is 0 Å². The van der Waals surface area contributed by atoms with Crippen LogP contribution in [0.15, 0.2) is 77.7 Å². The molecule has 3 aromatic carbocycles. The van der Waals surface area contributed by atoms with Gasteiger partial charge in [-0.05, 0) is 60.4 Å². The first-order chi connectivity index (χ1) is 16.2. The van der Waals surface area contributed by atoms with Crippen molar-refractivity contribution in [1.29, 1.82) is 0 Å². The Morgan fingerprint density at radius 3 is 2.38 bits per heavy atom. The van der Waals surface area contributed by atoms with Crippen LogP contribution in [0.25, 0.3) is 0 Å². The summed E-state index contributed by atoms with van der Waals surface area (Å²) in [6.07, 6.45) is 0. The third-order valence-electron chi connectivity index (χ3n) is 5.27. The lowest BCUT2D eigenvalue weighted by molar-refractivity contribution is -0.119. The summed E-state index contributed by atoms with van der Waals surface area (Å²) in [6, 6.07) is 20.7. The van der Waals surface area contributed by atoms with Crippen LogP contribution in [0.5, 0.6) is 5.75 Å². The molecule has 3 aromatic rings. The maximum absolute atomic E-state index is 13.4. The number of nitrogens with one attached hydrogen (secondary N) is 1. The molecule has 0 fully saturated rings. The number of benzene rings is 3. The SMILES string of the molecule is Cc1cc(Cl)ccc1N(CC(=O)NCCOc1ccccc1C(C)C)S(=O)(=O)c1ccccc1. The van der Waals surface area contributed by atoms with E-state index in [2.05, 4.69) is 19.2 Å². The minimum Gasteiger partial charge on any atom is -0.491 e. The number of carbonyl (C=O) groups is 1. The van der Waals surface area contributed by atoms with E-state index in [4.69, 9.17) is 16.3 Å². The molecule has 0 saturated heterocycles. The van der Waals surface area contributed by atoms with Gasteiger partial charge in [0.1, 0.15) is 18.9 Å². The maximum atomic E-state index is 13.4. The number of halogens is 1. The van der Waals surface area contributed by atoms with Gasteiger partial charge < -0.3 is 10.1 Å². The van der Waals surface area contributed by atoms with E-state index in [1.165, 1.54) is 12.1 Å². The summed E-state index contributed by atoms with van der Waals surface area (Å²) in [5.41, 5.74) is 2.13. The monoisotopic (exact) mass is 500 g/mol. The van der Waals surface area contributed by atoms with Crippen LogP contribution in [0, 0.1) is 6.92 Å². The Balaban J connectivity index is 1.72. The molecule has 180 valence electrons. The molecule has 8 heteroatoms. The summed E-state index contributed by atoms with van der Waals surface area (Å²) < 4.78 is 33.8. The number of nitrogens with zero attached hydrogens (tertiary/aromatic N) is 1. The van der Waals surface area contributed by atoms with E-state index in [-0.39, 0.29) is 24.6 Å². The van der Waals surface area contributed by atoms with Crippen LogP contribution in [-0.4, -0.2) is 34.0 Å². The Hall–Kier alpha value is -3.03. The number of hydrogen-bond acceptors (Lipinski definition) is 4. The first-order valence-electron chi connectivity index (χ1n) is 11.0. The zero-order valence-corrected chi connectivity index (χ0v) is 21.1. The first-order valence-corrected chi connectivity index (χ1v) is 12.8. The Morgan fingerprint density at radius 2 is 1.71 bits per heavy atom. The second-order valence-electron chi connectivity index (χ2n) is 8.15. The fourth-order valence-electron chi connectivity index (χ4n) is 3.54. The number of anilines is 1. The van der Waals surface area contributed by atoms with Crippen molar-refractivity contribution in [3.63, 3.8) is 0 Å². The minimum absolute atomic E-state index is 0.103. The van der Waals surface area contributed by atoms with Crippen LogP contribution < -0.4 is 14.4 Å². The van der Waals surface area contributed by atoms with Crippen molar-refractivity contribution in [2.75, 3.05) is 24.0 Å². The smallest absolute Gasteiger partial charge is 0.264 e. The zero-order valence-electron chi connectivity index (χ0n) is 19.5. The molecular formula is C26H29ClN2O4S. The van der Waals surface area contributed by atoms with E-state index in [1.807, 2.05) is 24.3 Å². The molecule has 0 aliphatic rings. The van der Waals surface area contributed by atoms with E-state index in [1.54, 1.807) is 43.3 Å². The van der Waals surface area contributed by atoms with Crippen LogP contribution in [0.1, 0.15) is 30.9 Å². The van der Waals surface area contributed by atoms with Crippen LogP contribution in [-0.2, 0) is 14.8 Å². The highest BCUT2D eigenvalue weighted by atomic mass is 35.5. The number of aryl methyl sites for hydroxylation is 1. The maximum Gasteiger partial charge on any atom is 0.264 e. The first kappa shape index (κ1) is 25.6. The van der Waals surface area contributed by atoms with Crippen LogP contribution >= 0.6 is 11.6 Å². The van der Waals surface area contributed by atoms with E-state index in [0.717, 1.165) is 15.6 Å². The lowest BCUT2D eigenvalue weighted by Crippen LogP contribution is -2.42. The second kappa shape index (κ2) is 11.4. The van der Waals surface area contributed by atoms with Crippen molar-refractivity contribution < 1.29 is 17.9 Å². The highest BCUT2D eigenvalue weighted by Crippen LogP contribution is 2.29. The quantitative estimate of drug-likeness (QED) is 0.390. The van der Waals surface area contributed by atoms with Crippen molar-refractivity contribution in [1.82, 2.24) is 5.32 Å². The van der Waals surface area contributed by atoms with Crippen molar-refractivity contribution in [3.8, 4) is 5.75 Å². The summed E-state index contributed by atoms with van der Waals surface area (Å²) >= 11 is 6.06. The van der Waals surface area contributed by atoms with Gasteiger partial charge in [0.15, 0.2) is 0 Å². The molecule has 1 amide bonds. The molecule has 0 bridgehead atoms. The molecule has 0 unspecified atom stereocenters. The standard InChI is InChI=1S/C26H29ClN2O4S/c1-19(2)23-11-7-8-12-25(23)33-16-15-28-26(30)18-29(24-14-13-21(27)17-20(24)3)34(31,32)22-9-5-4-6-10-22/h4-14,17,19H,15-16,18H2,1-3H3,(H,28,30). The second-order valence-corrected chi connectivity index (χ2v) is 10.4. The average Bonchev–Trinajstić information content (AvgIpc) is 2.81. The number of para-hydroxylation sites is 1. The van der Waals surface area contributed by atoms with Gasteiger partial charge in [0.05, 0.1) is 17.1 Å². The summed E-state index contributed by atoms with van der Waals surface area (Å²) in [5, 5.41) is 3.25. The fourth-order valence-corrected chi connectivity index (χ4v) is 5.28. The number of sulfonamides is 1. The van der Waals surface area contributed by atoms with Crippen LogP contribution in [0.4, 0.5) is 5.69 Å². The summed E-state index contributed by atoms with van der Waals surface area (Å²) in [7, 11) is -3.98. The molecule has 0 heterocycles. The van der Waals surface area contributed by atoms with Gasteiger partial charge in [0.2, 0.25) is 5.91 Å². The molecular weight excluding hydrogens is 472 g/mol. The molecule has 34 heavy (non-hydrogen) atoms. The third kappa shape index (κ3) is 6.30. The molecule has 0 saturated carbocycles. The molecule has 0 spiro atoms. The molecule has 3 rings (SSSR count). The zero-order chi connectivity index (χ0) is 24.7. The lowest BCUT2D eigenvalue weighted by atomic mass is 10.0. The predicted molar refractivity (Wildman–Crippen MR) is 136 cm³/mol. The Labute approximate surface area is 206 Å². The summed E-state index contributed by atoms with van der Waals surface area (Å²) in [6.45, 7) is 6.06. The van der Waals surface area contributed by atoms with Gasteiger partial charge in [-0.1, -0.05) is 61.8 Å². The normalized spacial score (nSPS) is 11.3. The number of carbonyl (C=O) groups excluding carboxylic acids is 1. The number of hydrogen-bond donors (Lipinski definition) is 1. The molecule has 0 aliphatic carbocycles. The molecule has 0 radical (unpaired) electrons. The van der Waals surface area contributed by atoms with Crippen molar-refractivity contribution in [2.24, 2.45) is 0 Å². The fraction of sp³-hybridized carbons (Fsp3) is 0.269. The van der Waals surface area contributed by atoms with E-state index < -0.39 is 15.9 Å². The lowest BCUT2D eigenvalue weighted by Gasteiger charge is -2.25. The number of amides is 1. The largest absolute Gasteiger partial charge is 0.491 e. The molecule has 0 atom stereocenters. The topological polar surface area (TPSA) is 75.7 Å². The molecule has 1 N–H and O–H groups in total. The summed E-state index contributed by atoms with van der Waals surface area (Å²) in [4.78, 5) is 12.9. The van der Waals surface area contributed by atoms with Crippen molar-refractivity contribution in [2.45, 2.75) is 31.6 Å². The van der Waals surface area contributed by atoms with E-state index in [9.17, 15) is 13.2 Å². The Bertz CT molecular complexity index is 1230. The van der Waals surface area contributed by atoms with E-state index in [0.29, 0.717) is 22.2 Å². The van der Waals surface area contributed by atoms with Crippen molar-refractivity contribution in [3.05, 3.63) is 88.9 Å². The number of rotatable bonds is 10. The van der Waals surface area contributed by atoms with Gasteiger partial charge in [-0.3, -0.25) is 9.10 Å². The molecule has 0 aliphatic heterocycles. The van der Waals surface area contributed by atoms with Gasteiger partial charge in [0.25, 0.3) is 10.0 Å². The van der Waals surface area contributed by atoms with Gasteiger partial charge in [-0.2, -0.15) is 0 Å². The Morgan fingerprint density at radius 1 is 1.03 bits per heavy atom. The highest BCUT2D eigenvalue weighted by Gasteiger charge is 2.28. The molecule has 6 nitrogen and oxygen atoms in total. The van der Waals surface area contributed by atoms with Crippen molar-refractivity contribution >= 4 is 33.2 Å². The van der Waals surface area contributed by atoms with Crippen LogP contribution in [0.2, 0.25) is 5.02 Å². The Kier molecular flexibility index (Phi) is 8.58. The minimum atomic E-state index is -3.98. The van der Waals surface area contributed by atoms with Gasteiger partial charge in [-0.25, -0.2) is 8.42 Å². The highest BCUT2D eigenvalue weighted by molar-refractivity contribution is 7.92. The number of ether oxygens (including phenoxy) is 1. The third-order valence-corrected chi connectivity index (χ3v) is 7.28. The molecule has 0 aromatic heterocycles. The summed E-state index contributed by atoms with van der Waals surface area (Å²) in [5.74, 6) is 0.650. The van der Waals surface area contributed by atoms with E-state index >= 15 is 0 Å². The predicted octanol–water partition coefficient (Wildman–Crippen LogP) is 5.16. The van der Waals surface area contributed by atoms with Gasteiger partial charge in [-0.15, -0.1) is 0 Å².